The molecule has 1 fully saturated rings. The van der Waals surface area contributed by atoms with Gasteiger partial charge in [-0.05, 0) is 43.5 Å². The van der Waals surface area contributed by atoms with Crippen molar-refractivity contribution in [3.63, 3.8) is 0 Å². The number of nitrogens with two attached hydrogens (primary N) is 1. The summed E-state index contributed by atoms with van der Waals surface area (Å²) in [5, 5.41) is 10.3. The molecule has 0 saturated carbocycles. The van der Waals surface area contributed by atoms with Crippen LogP contribution in [0.25, 0.3) is 0 Å². The van der Waals surface area contributed by atoms with Crippen molar-refractivity contribution in [3.05, 3.63) is 34.9 Å². The molecule has 0 spiro atoms. The minimum atomic E-state index is 0.0608. The third kappa shape index (κ3) is 3.29. The summed E-state index contributed by atoms with van der Waals surface area (Å²) in [6, 6.07) is 8.35. The van der Waals surface area contributed by atoms with E-state index in [2.05, 4.69) is 17.9 Å². The second-order valence-corrected chi connectivity index (χ2v) is 5.72. The maximum atomic E-state index is 9.53. The summed E-state index contributed by atoms with van der Waals surface area (Å²) in [4.78, 5) is 2.35. The Morgan fingerprint density at radius 3 is 2.95 bits per heavy atom. The van der Waals surface area contributed by atoms with Gasteiger partial charge in [0, 0.05) is 17.1 Å². The first-order valence-corrected chi connectivity index (χ1v) is 7.42. The molecule has 1 aromatic carbocycles. The van der Waals surface area contributed by atoms with E-state index in [4.69, 9.17) is 17.3 Å². The Morgan fingerprint density at radius 1 is 1.53 bits per heavy atom. The van der Waals surface area contributed by atoms with Crippen LogP contribution in [0, 0.1) is 0 Å². The van der Waals surface area contributed by atoms with Crippen molar-refractivity contribution in [3.8, 4) is 0 Å². The van der Waals surface area contributed by atoms with Gasteiger partial charge in [0.1, 0.15) is 0 Å². The van der Waals surface area contributed by atoms with Gasteiger partial charge in [0.15, 0.2) is 0 Å². The predicted octanol–water partition coefficient (Wildman–Crippen LogP) is 2.58. The number of aliphatic hydroxyl groups excluding tert-OH is 1. The lowest BCUT2D eigenvalue weighted by atomic mass is 9.95. The molecule has 0 aromatic heterocycles. The topological polar surface area (TPSA) is 49.5 Å². The van der Waals surface area contributed by atoms with Crippen molar-refractivity contribution in [2.24, 2.45) is 5.73 Å². The van der Waals surface area contributed by atoms with E-state index in [-0.39, 0.29) is 24.7 Å². The van der Waals surface area contributed by atoms with Crippen LogP contribution in [0.2, 0.25) is 5.02 Å². The van der Waals surface area contributed by atoms with Crippen LogP contribution in [-0.4, -0.2) is 35.2 Å². The van der Waals surface area contributed by atoms with E-state index in [0.717, 1.165) is 36.4 Å². The number of aliphatic hydroxyl groups is 1. The average Bonchev–Trinajstić information content (AvgIpc) is 2.87. The molecule has 3 unspecified atom stereocenters. The first-order valence-electron chi connectivity index (χ1n) is 7.05. The van der Waals surface area contributed by atoms with Crippen LogP contribution in [-0.2, 0) is 0 Å². The molecule has 1 aliphatic rings. The van der Waals surface area contributed by atoms with Gasteiger partial charge in [-0.25, -0.2) is 0 Å². The van der Waals surface area contributed by atoms with Gasteiger partial charge in [-0.2, -0.15) is 0 Å². The zero-order valence-corrected chi connectivity index (χ0v) is 12.2. The van der Waals surface area contributed by atoms with E-state index in [0.29, 0.717) is 0 Å². The van der Waals surface area contributed by atoms with E-state index in [9.17, 15) is 5.11 Å². The number of rotatable bonds is 5. The molecule has 1 heterocycles. The number of nitrogens with zero attached hydrogens (tertiary/aromatic N) is 1. The van der Waals surface area contributed by atoms with Gasteiger partial charge < -0.3 is 10.8 Å². The average molecular weight is 283 g/mol. The van der Waals surface area contributed by atoms with Crippen molar-refractivity contribution in [1.29, 1.82) is 0 Å². The number of halogens is 1. The Bertz CT molecular complexity index is 413. The zero-order valence-electron chi connectivity index (χ0n) is 11.4. The summed E-state index contributed by atoms with van der Waals surface area (Å²) in [5.41, 5.74) is 7.48. The minimum absolute atomic E-state index is 0.0608. The normalized spacial score (nSPS) is 23.5. The second-order valence-electron chi connectivity index (χ2n) is 5.29. The van der Waals surface area contributed by atoms with Crippen LogP contribution in [0.3, 0.4) is 0 Å². The van der Waals surface area contributed by atoms with E-state index in [1.54, 1.807) is 0 Å². The summed E-state index contributed by atoms with van der Waals surface area (Å²) in [5.74, 6) is 0. The Balaban J connectivity index is 2.30. The standard InChI is InChI=1S/C15H23ClN2O/c1-2-14(17)15(11-5-3-6-12(16)9-11)18-8-4-7-13(18)10-19/h3,5-6,9,13-15,19H,2,4,7-8,10,17H2,1H3. The summed E-state index contributed by atoms with van der Waals surface area (Å²) >= 11 is 6.11. The Hall–Kier alpha value is -0.610. The smallest absolute Gasteiger partial charge is 0.0587 e. The van der Waals surface area contributed by atoms with Crippen LogP contribution in [0.15, 0.2) is 24.3 Å². The lowest BCUT2D eigenvalue weighted by Gasteiger charge is -2.36. The van der Waals surface area contributed by atoms with Crippen LogP contribution in [0.1, 0.15) is 37.8 Å². The zero-order chi connectivity index (χ0) is 13.8. The van der Waals surface area contributed by atoms with E-state index < -0.39 is 0 Å². The van der Waals surface area contributed by atoms with Crippen LogP contribution in [0.5, 0.6) is 0 Å². The molecule has 3 N–H and O–H groups in total. The fraction of sp³-hybridized carbons (Fsp3) is 0.600. The molecular weight excluding hydrogens is 260 g/mol. The monoisotopic (exact) mass is 282 g/mol. The summed E-state index contributed by atoms with van der Waals surface area (Å²) in [7, 11) is 0. The van der Waals surface area contributed by atoms with Gasteiger partial charge in [-0.15, -0.1) is 0 Å². The van der Waals surface area contributed by atoms with Crippen molar-refractivity contribution in [1.82, 2.24) is 4.90 Å². The molecule has 3 nitrogen and oxygen atoms in total. The van der Waals surface area contributed by atoms with E-state index in [1.165, 1.54) is 0 Å². The fourth-order valence-corrected chi connectivity index (χ4v) is 3.22. The van der Waals surface area contributed by atoms with Gasteiger partial charge >= 0.3 is 0 Å². The number of likely N-dealkylation sites (tertiary alicyclic amines) is 1. The highest BCUT2D eigenvalue weighted by Gasteiger charge is 2.34. The predicted molar refractivity (Wildman–Crippen MR) is 79.3 cm³/mol. The summed E-state index contributed by atoms with van der Waals surface area (Å²) in [6.45, 7) is 3.30. The van der Waals surface area contributed by atoms with Crippen molar-refractivity contribution in [2.45, 2.75) is 44.3 Å². The Morgan fingerprint density at radius 2 is 2.32 bits per heavy atom. The molecule has 1 aromatic rings. The molecule has 19 heavy (non-hydrogen) atoms. The molecule has 4 heteroatoms. The molecule has 0 aliphatic carbocycles. The van der Waals surface area contributed by atoms with Crippen LogP contribution in [0.4, 0.5) is 0 Å². The highest BCUT2D eigenvalue weighted by atomic mass is 35.5. The Kier molecular flexibility index (Phi) is 5.22. The van der Waals surface area contributed by atoms with Crippen molar-refractivity contribution < 1.29 is 5.11 Å². The van der Waals surface area contributed by atoms with Gasteiger partial charge in [-0.3, -0.25) is 4.90 Å². The largest absolute Gasteiger partial charge is 0.395 e. The molecule has 1 aliphatic heterocycles. The van der Waals surface area contributed by atoms with Crippen LogP contribution < -0.4 is 5.73 Å². The number of benzene rings is 1. The molecule has 1 saturated heterocycles. The lowest BCUT2D eigenvalue weighted by molar-refractivity contribution is 0.104. The highest BCUT2D eigenvalue weighted by Crippen LogP contribution is 2.33. The van der Waals surface area contributed by atoms with Crippen LogP contribution >= 0.6 is 11.6 Å². The Labute approximate surface area is 120 Å². The first-order chi connectivity index (χ1) is 9.17. The lowest BCUT2D eigenvalue weighted by Crippen LogP contribution is -2.44. The highest BCUT2D eigenvalue weighted by molar-refractivity contribution is 6.30. The second kappa shape index (κ2) is 6.71. The van der Waals surface area contributed by atoms with Crippen molar-refractivity contribution >= 4 is 11.6 Å². The summed E-state index contributed by atoms with van der Waals surface area (Å²) < 4.78 is 0. The minimum Gasteiger partial charge on any atom is -0.395 e. The van der Waals surface area contributed by atoms with E-state index in [1.807, 2.05) is 18.2 Å². The SMILES string of the molecule is CCC(N)C(c1cccc(Cl)c1)N1CCCC1CO. The van der Waals surface area contributed by atoms with Gasteiger partial charge in [-0.1, -0.05) is 30.7 Å². The number of hydrogen-bond donors (Lipinski definition) is 2. The molecule has 3 atom stereocenters. The quantitative estimate of drug-likeness (QED) is 0.873. The first kappa shape index (κ1) is 14.8. The van der Waals surface area contributed by atoms with Crippen molar-refractivity contribution in [2.75, 3.05) is 13.2 Å². The molecule has 0 bridgehead atoms. The van der Waals surface area contributed by atoms with Gasteiger partial charge in [0.05, 0.1) is 12.6 Å². The third-order valence-electron chi connectivity index (χ3n) is 4.06. The molecule has 106 valence electrons. The molecule has 0 radical (unpaired) electrons. The fourth-order valence-electron chi connectivity index (χ4n) is 3.02. The summed E-state index contributed by atoms with van der Waals surface area (Å²) in [6.07, 6.45) is 3.08. The van der Waals surface area contributed by atoms with Gasteiger partial charge in [0.25, 0.3) is 0 Å². The molecular formula is C15H23ClN2O. The number of hydrogen-bond acceptors (Lipinski definition) is 3. The maximum Gasteiger partial charge on any atom is 0.0587 e. The third-order valence-corrected chi connectivity index (χ3v) is 4.29. The molecule has 0 amide bonds. The molecule has 2 rings (SSSR count). The van der Waals surface area contributed by atoms with Gasteiger partial charge in [0.2, 0.25) is 0 Å². The van der Waals surface area contributed by atoms with E-state index >= 15 is 0 Å². The maximum absolute atomic E-state index is 9.53.